The molecular weight excluding hydrogens is 254 g/mol. The van der Waals surface area contributed by atoms with Crippen LogP contribution >= 0.6 is 0 Å². The van der Waals surface area contributed by atoms with E-state index in [1.54, 1.807) is 4.90 Å². The van der Waals surface area contributed by atoms with Gasteiger partial charge in [-0.15, -0.1) is 0 Å². The molecule has 2 aliphatic rings. The Morgan fingerprint density at radius 2 is 2.05 bits per heavy atom. The summed E-state index contributed by atoms with van der Waals surface area (Å²) < 4.78 is 7.49. The van der Waals surface area contributed by atoms with E-state index in [9.17, 15) is 4.79 Å². The van der Waals surface area contributed by atoms with Gasteiger partial charge in [-0.25, -0.2) is 4.79 Å². The standard InChI is InChI=1S/C15H23N3O2/c1-15(2,3)20-14(19)18-8-7-12-11(9-18)13(10-5-6-10)17(4)16-12/h10H,5-9H2,1-4H3. The van der Waals surface area contributed by atoms with Crippen LogP contribution in [0.2, 0.25) is 0 Å². The van der Waals surface area contributed by atoms with Crippen LogP contribution in [0.25, 0.3) is 0 Å². The molecule has 0 atom stereocenters. The second-order valence-electron chi connectivity index (χ2n) is 6.86. The van der Waals surface area contributed by atoms with Crippen molar-refractivity contribution in [2.24, 2.45) is 7.05 Å². The number of fused-ring (bicyclic) bond motifs is 1. The Morgan fingerprint density at radius 1 is 1.35 bits per heavy atom. The van der Waals surface area contributed by atoms with E-state index in [2.05, 4.69) is 5.10 Å². The van der Waals surface area contributed by atoms with Crippen LogP contribution < -0.4 is 0 Å². The van der Waals surface area contributed by atoms with Gasteiger partial charge in [0.1, 0.15) is 5.60 Å². The molecule has 0 saturated heterocycles. The molecule has 0 spiro atoms. The van der Waals surface area contributed by atoms with Crippen LogP contribution in [-0.4, -0.2) is 32.9 Å². The summed E-state index contributed by atoms with van der Waals surface area (Å²) in [5.41, 5.74) is 3.31. The van der Waals surface area contributed by atoms with Gasteiger partial charge in [0, 0.05) is 37.2 Å². The zero-order valence-corrected chi connectivity index (χ0v) is 12.8. The predicted molar refractivity (Wildman–Crippen MR) is 75.5 cm³/mol. The van der Waals surface area contributed by atoms with Crippen LogP contribution in [-0.2, 0) is 24.8 Å². The number of hydrogen-bond donors (Lipinski definition) is 0. The van der Waals surface area contributed by atoms with Crippen molar-refractivity contribution in [3.8, 4) is 0 Å². The maximum atomic E-state index is 12.2. The van der Waals surface area contributed by atoms with E-state index in [0.717, 1.165) is 12.1 Å². The van der Waals surface area contributed by atoms with Crippen LogP contribution in [0.15, 0.2) is 0 Å². The van der Waals surface area contributed by atoms with Crippen molar-refractivity contribution < 1.29 is 9.53 Å². The fourth-order valence-electron chi connectivity index (χ4n) is 2.87. The molecule has 1 amide bonds. The third-order valence-corrected chi connectivity index (χ3v) is 3.86. The summed E-state index contributed by atoms with van der Waals surface area (Å²) in [6.45, 7) is 7.05. The number of carbonyl (C=O) groups excluding carboxylic acids is 1. The van der Waals surface area contributed by atoms with Gasteiger partial charge in [-0.05, 0) is 33.6 Å². The molecule has 1 saturated carbocycles. The third-order valence-electron chi connectivity index (χ3n) is 3.86. The van der Waals surface area contributed by atoms with Gasteiger partial charge >= 0.3 is 6.09 Å². The normalized spacial score (nSPS) is 18.9. The molecule has 5 heteroatoms. The van der Waals surface area contributed by atoms with Gasteiger partial charge < -0.3 is 9.64 Å². The topological polar surface area (TPSA) is 47.4 Å². The van der Waals surface area contributed by atoms with Crippen molar-refractivity contribution in [1.29, 1.82) is 0 Å². The zero-order chi connectivity index (χ0) is 14.5. The fraction of sp³-hybridized carbons (Fsp3) is 0.733. The Bertz CT molecular complexity index is 538. The van der Waals surface area contributed by atoms with Crippen LogP contribution in [0.5, 0.6) is 0 Å². The molecule has 0 bridgehead atoms. The molecule has 0 radical (unpaired) electrons. The van der Waals surface area contributed by atoms with Crippen molar-refractivity contribution >= 4 is 6.09 Å². The maximum absolute atomic E-state index is 12.2. The van der Waals surface area contributed by atoms with E-state index in [4.69, 9.17) is 4.74 Å². The summed E-state index contributed by atoms with van der Waals surface area (Å²) in [7, 11) is 2.02. The summed E-state index contributed by atoms with van der Waals surface area (Å²) in [5, 5.41) is 4.62. The average molecular weight is 277 g/mol. The highest BCUT2D eigenvalue weighted by Gasteiger charge is 2.35. The monoisotopic (exact) mass is 277 g/mol. The number of ether oxygens (including phenoxy) is 1. The van der Waals surface area contributed by atoms with E-state index in [1.165, 1.54) is 24.1 Å². The highest BCUT2D eigenvalue weighted by molar-refractivity contribution is 5.68. The Morgan fingerprint density at radius 3 is 2.65 bits per heavy atom. The number of carbonyl (C=O) groups is 1. The summed E-state index contributed by atoms with van der Waals surface area (Å²) in [5.74, 6) is 0.648. The van der Waals surface area contributed by atoms with Gasteiger partial charge in [0.2, 0.25) is 0 Å². The molecule has 2 heterocycles. The van der Waals surface area contributed by atoms with Gasteiger partial charge in [-0.3, -0.25) is 4.68 Å². The first-order valence-electron chi connectivity index (χ1n) is 7.38. The van der Waals surface area contributed by atoms with Crippen molar-refractivity contribution in [2.45, 2.75) is 58.1 Å². The zero-order valence-electron chi connectivity index (χ0n) is 12.8. The van der Waals surface area contributed by atoms with Crippen LogP contribution in [0.4, 0.5) is 4.79 Å². The highest BCUT2D eigenvalue weighted by atomic mass is 16.6. The summed E-state index contributed by atoms with van der Waals surface area (Å²) in [4.78, 5) is 14.0. The Labute approximate surface area is 119 Å². The van der Waals surface area contributed by atoms with E-state index < -0.39 is 5.60 Å². The van der Waals surface area contributed by atoms with E-state index >= 15 is 0 Å². The minimum Gasteiger partial charge on any atom is -0.444 e. The molecule has 5 nitrogen and oxygen atoms in total. The van der Waals surface area contributed by atoms with Gasteiger partial charge in [0.05, 0.1) is 12.2 Å². The molecule has 20 heavy (non-hydrogen) atoms. The molecule has 0 unspecified atom stereocenters. The second-order valence-corrected chi connectivity index (χ2v) is 6.86. The predicted octanol–water partition coefficient (Wildman–Crippen LogP) is 2.59. The average Bonchev–Trinajstić information content (AvgIpc) is 3.09. The van der Waals surface area contributed by atoms with Gasteiger partial charge in [-0.2, -0.15) is 5.10 Å². The molecule has 1 aliphatic carbocycles. The maximum Gasteiger partial charge on any atom is 0.410 e. The summed E-state index contributed by atoms with van der Waals surface area (Å²) >= 11 is 0. The van der Waals surface area contributed by atoms with Gasteiger partial charge in [0.25, 0.3) is 0 Å². The van der Waals surface area contributed by atoms with Crippen molar-refractivity contribution in [2.75, 3.05) is 6.54 Å². The SMILES string of the molecule is Cn1nc2c(c1C1CC1)CN(C(=O)OC(C)(C)C)CC2. The number of nitrogens with zero attached hydrogens (tertiary/aromatic N) is 3. The van der Waals surface area contributed by atoms with Crippen molar-refractivity contribution in [3.05, 3.63) is 17.0 Å². The summed E-state index contributed by atoms with van der Waals surface area (Å²) in [6.07, 6.45) is 3.11. The molecule has 1 aromatic heterocycles. The number of aromatic nitrogens is 2. The smallest absolute Gasteiger partial charge is 0.410 e. The molecule has 1 aliphatic heterocycles. The van der Waals surface area contributed by atoms with Crippen LogP contribution in [0.1, 0.15) is 56.5 Å². The molecule has 0 N–H and O–H groups in total. The summed E-state index contributed by atoms with van der Waals surface area (Å²) in [6, 6.07) is 0. The fourth-order valence-corrected chi connectivity index (χ4v) is 2.87. The number of hydrogen-bond acceptors (Lipinski definition) is 3. The molecule has 0 aromatic carbocycles. The lowest BCUT2D eigenvalue weighted by atomic mass is 10.0. The first kappa shape index (κ1) is 13.5. The van der Waals surface area contributed by atoms with Crippen LogP contribution in [0.3, 0.4) is 0 Å². The molecule has 1 aromatic rings. The van der Waals surface area contributed by atoms with Crippen LogP contribution in [0, 0.1) is 0 Å². The molecule has 1 fully saturated rings. The van der Waals surface area contributed by atoms with Crippen molar-refractivity contribution in [3.63, 3.8) is 0 Å². The number of rotatable bonds is 1. The highest BCUT2D eigenvalue weighted by Crippen LogP contribution is 2.43. The molecule has 3 rings (SSSR count). The first-order chi connectivity index (χ1) is 9.35. The van der Waals surface area contributed by atoms with Gasteiger partial charge in [-0.1, -0.05) is 0 Å². The van der Waals surface area contributed by atoms with Gasteiger partial charge in [0.15, 0.2) is 0 Å². The largest absolute Gasteiger partial charge is 0.444 e. The second kappa shape index (κ2) is 4.50. The number of amides is 1. The van der Waals surface area contributed by atoms with Crippen molar-refractivity contribution in [1.82, 2.24) is 14.7 Å². The minimum atomic E-state index is -0.439. The third kappa shape index (κ3) is 2.53. The van der Waals surface area contributed by atoms with E-state index in [0.29, 0.717) is 19.0 Å². The van der Waals surface area contributed by atoms with E-state index in [-0.39, 0.29) is 6.09 Å². The van der Waals surface area contributed by atoms with E-state index in [1.807, 2.05) is 32.5 Å². The quantitative estimate of drug-likeness (QED) is 0.792. The lowest BCUT2D eigenvalue weighted by molar-refractivity contribution is 0.0223. The Kier molecular flexibility index (Phi) is 3.03. The lowest BCUT2D eigenvalue weighted by Crippen LogP contribution is -2.40. The Hall–Kier alpha value is -1.52. The molecular formula is C15H23N3O2. The first-order valence-corrected chi connectivity index (χ1v) is 7.38. The molecule has 110 valence electrons. The number of aryl methyl sites for hydroxylation is 1. The lowest BCUT2D eigenvalue weighted by Gasteiger charge is -2.30. The Balaban J connectivity index is 1.79. The minimum absolute atomic E-state index is 0.214.